The van der Waals surface area contributed by atoms with E-state index in [9.17, 15) is 4.79 Å². The van der Waals surface area contributed by atoms with E-state index in [-0.39, 0.29) is 5.91 Å². The Balaban J connectivity index is 2.28. The number of hydrogen-bond donors (Lipinski definition) is 1. The average molecular weight is 268 g/mol. The summed E-state index contributed by atoms with van der Waals surface area (Å²) in [6.07, 6.45) is 0. The summed E-state index contributed by atoms with van der Waals surface area (Å²) >= 11 is 0. The molecule has 0 fully saturated rings. The Labute approximate surface area is 120 Å². The molecule has 104 valence electrons. The first-order valence-corrected chi connectivity index (χ1v) is 6.63. The number of para-hydroxylation sites is 2. The second-order valence-electron chi connectivity index (χ2n) is 5.24. The highest BCUT2D eigenvalue weighted by molar-refractivity contribution is 6.06. The number of amides is 1. The van der Waals surface area contributed by atoms with Crippen LogP contribution in [0.4, 0.5) is 11.4 Å². The molecular formula is C17H20N2O. The van der Waals surface area contributed by atoms with E-state index in [1.54, 1.807) is 0 Å². The molecule has 0 spiro atoms. The Morgan fingerprint density at radius 1 is 1.00 bits per heavy atom. The minimum absolute atomic E-state index is 0.0777. The molecule has 3 heteroatoms. The summed E-state index contributed by atoms with van der Waals surface area (Å²) in [6, 6.07) is 13.6. The van der Waals surface area contributed by atoms with Gasteiger partial charge in [0.2, 0.25) is 0 Å². The molecule has 0 saturated carbocycles. The standard InChI is InChI=1S/C17H20N2O/c1-12-9-13(2)11-14(10-12)17(20)18-15-7-5-6-8-16(15)19(3)4/h5-11H,1-4H3,(H,18,20). The Bertz CT molecular complexity index is 612. The SMILES string of the molecule is Cc1cc(C)cc(C(=O)Nc2ccccc2N(C)C)c1. The normalized spacial score (nSPS) is 10.2. The van der Waals surface area contributed by atoms with E-state index >= 15 is 0 Å². The van der Waals surface area contributed by atoms with Crippen molar-refractivity contribution in [3.05, 3.63) is 59.2 Å². The topological polar surface area (TPSA) is 32.3 Å². The summed E-state index contributed by atoms with van der Waals surface area (Å²) in [7, 11) is 3.92. The van der Waals surface area contributed by atoms with Crippen molar-refractivity contribution >= 4 is 17.3 Å². The molecule has 0 aliphatic carbocycles. The molecule has 0 saturated heterocycles. The molecule has 0 aromatic heterocycles. The van der Waals surface area contributed by atoms with Crippen molar-refractivity contribution in [3.8, 4) is 0 Å². The first kappa shape index (κ1) is 14.1. The van der Waals surface area contributed by atoms with Crippen LogP contribution in [0.25, 0.3) is 0 Å². The lowest BCUT2D eigenvalue weighted by molar-refractivity contribution is 0.102. The zero-order chi connectivity index (χ0) is 14.7. The van der Waals surface area contributed by atoms with Crippen LogP contribution < -0.4 is 10.2 Å². The molecule has 0 heterocycles. The summed E-state index contributed by atoms with van der Waals surface area (Å²) in [5.41, 5.74) is 4.69. The maximum Gasteiger partial charge on any atom is 0.255 e. The van der Waals surface area contributed by atoms with Gasteiger partial charge in [-0.3, -0.25) is 4.79 Å². The molecule has 0 atom stereocenters. The van der Waals surface area contributed by atoms with Gasteiger partial charge in [-0.2, -0.15) is 0 Å². The fourth-order valence-corrected chi connectivity index (χ4v) is 2.27. The van der Waals surface area contributed by atoms with Gasteiger partial charge in [0.05, 0.1) is 11.4 Å². The van der Waals surface area contributed by atoms with E-state index in [0.29, 0.717) is 5.56 Å². The lowest BCUT2D eigenvalue weighted by atomic mass is 10.1. The van der Waals surface area contributed by atoms with Crippen LogP contribution in [-0.2, 0) is 0 Å². The van der Waals surface area contributed by atoms with Crippen LogP contribution in [0.3, 0.4) is 0 Å². The molecule has 0 radical (unpaired) electrons. The van der Waals surface area contributed by atoms with Gasteiger partial charge >= 0.3 is 0 Å². The zero-order valence-electron chi connectivity index (χ0n) is 12.4. The third kappa shape index (κ3) is 3.18. The van der Waals surface area contributed by atoms with Gasteiger partial charge in [0.25, 0.3) is 5.91 Å². The van der Waals surface area contributed by atoms with Crippen molar-refractivity contribution in [2.45, 2.75) is 13.8 Å². The van der Waals surface area contributed by atoms with Crippen LogP contribution in [0, 0.1) is 13.8 Å². The number of benzene rings is 2. The van der Waals surface area contributed by atoms with Crippen molar-refractivity contribution in [1.82, 2.24) is 0 Å². The van der Waals surface area contributed by atoms with Gasteiger partial charge in [0.15, 0.2) is 0 Å². The summed E-state index contributed by atoms with van der Waals surface area (Å²) in [5, 5.41) is 2.98. The van der Waals surface area contributed by atoms with E-state index in [1.165, 1.54) is 0 Å². The monoisotopic (exact) mass is 268 g/mol. The molecule has 0 aliphatic rings. The third-order valence-electron chi connectivity index (χ3n) is 3.12. The number of anilines is 2. The minimum Gasteiger partial charge on any atom is -0.376 e. The van der Waals surface area contributed by atoms with Crippen LogP contribution >= 0.6 is 0 Å². The van der Waals surface area contributed by atoms with Gasteiger partial charge in [0, 0.05) is 19.7 Å². The van der Waals surface area contributed by atoms with Crippen molar-refractivity contribution in [2.75, 3.05) is 24.3 Å². The lowest BCUT2D eigenvalue weighted by Crippen LogP contribution is -2.16. The predicted molar refractivity (Wildman–Crippen MR) is 84.6 cm³/mol. The number of hydrogen-bond acceptors (Lipinski definition) is 2. The number of carbonyl (C=O) groups is 1. The molecular weight excluding hydrogens is 248 g/mol. The zero-order valence-corrected chi connectivity index (χ0v) is 12.4. The Hall–Kier alpha value is -2.29. The molecule has 20 heavy (non-hydrogen) atoms. The smallest absolute Gasteiger partial charge is 0.255 e. The first-order valence-electron chi connectivity index (χ1n) is 6.63. The van der Waals surface area contributed by atoms with Crippen LogP contribution in [0.2, 0.25) is 0 Å². The first-order chi connectivity index (χ1) is 9.47. The predicted octanol–water partition coefficient (Wildman–Crippen LogP) is 3.62. The highest BCUT2D eigenvalue weighted by Gasteiger charge is 2.10. The number of nitrogens with one attached hydrogen (secondary N) is 1. The summed E-state index contributed by atoms with van der Waals surface area (Å²) in [5.74, 6) is -0.0777. The largest absolute Gasteiger partial charge is 0.376 e. The number of nitrogens with zero attached hydrogens (tertiary/aromatic N) is 1. The van der Waals surface area contributed by atoms with E-state index in [2.05, 4.69) is 11.4 Å². The second kappa shape index (κ2) is 5.78. The minimum atomic E-state index is -0.0777. The lowest BCUT2D eigenvalue weighted by Gasteiger charge is -2.17. The summed E-state index contributed by atoms with van der Waals surface area (Å²) < 4.78 is 0. The van der Waals surface area contributed by atoms with E-state index < -0.39 is 0 Å². The van der Waals surface area contributed by atoms with Gasteiger partial charge in [0.1, 0.15) is 0 Å². The maximum absolute atomic E-state index is 12.4. The number of aryl methyl sites for hydroxylation is 2. The molecule has 2 aromatic carbocycles. The molecule has 0 aliphatic heterocycles. The average Bonchev–Trinajstić information content (AvgIpc) is 2.37. The second-order valence-corrected chi connectivity index (χ2v) is 5.24. The third-order valence-corrected chi connectivity index (χ3v) is 3.12. The van der Waals surface area contributed by atoms with Crippen molar-refractivity contribution < 1.29 is 4.79 Å². The van der Waals surface area contributed by atoms with Crippen molar-refractivity contribution in [3.63, 3.8) is 0 Å². The highest BCUT2D eigenvalue weighted by Crippen LogP contribution is 2.24. The molecule has 0 unspecified atom stereocenters. The van der Waals surface area contributed by atoms with E-state index in [0.717, 1.165) is 22.5 Å². The fourth-order valence-electron chi connectivity index (χ4n) is 2.27. The summed E-state index contributed by atoms with van der Waals surface area (Å²) in [4.78, 5) is 14.3. The van der Waals surface area contributed by atoms with E-state index in [1.807, 2.05) is 69.2 Å². The Morgan fingerprint density at radius 2 is 1.60 bits per heavy atom. The van der Waals surface area contributed by atoms with Crippen LogP contribution in [0.1, 0.15) is 21.5 Å². The molecule has 2 rings (SSSR count). The molecule has 1 N–H and O–H groups in total. The van der Waals surface area contributed by atoms with Gasteiger partial charge in [-0.15, -0.1) is 0 Å². The summed E-state index contributed by atoms with van der Waals surface area (Å²) in [6.45, 7) is 4.00. The van der Waals surface area contributed by atoms with Gasteiger partial charge in [-0.05, 0) is 38.1 Å². The van der Waals surface area contributed by atoms with Gasteiger partial charge in [-0.25, -0.2) is 0 Å². The van der Waals surface area contributed by atoms with Crippen LogP contribution in [-0.4, -0.2) is 20.0 Å². The van der Waals surface area contributed by atoms with Crippen molar-refractivity contribution in [2.24, 2.45) is 0 Å². The fraction of sp³-hybridized carbons (Fsp3) is 0.235. The van der Waals surface area contributed by atoms with Gasteiger partial charge in [-0.1, -0.05) is 29.3 Å². The van der Waals surface area contributed by atoms with Crippen LogP contribution in [0.5, 0.6) is 0 Å². The maximum atomic E-state index is 12.4. The van der Waals surface area contributed by atoms with Crippen molar-refractivity contribution in [1.29, 1.82) is 0 Å². The Morgan fingerprint density at radius 3 is 2.20 bits per heavy atom. The molecule has 3 nitrogen and oxygen atoms in total. The van der Waals surface area contributed by atoms with Gasteiger partial charge < -0.3 is 10.2 Å². The molecule has 1 amide bonds. The number of rotatable bonds is 3. The Kier molecular flexibility index (Phi) is 4.08. The van der Waals surface area contributed by atoms with Crippen LogP contribution in [0.15, 0.2) is 42.5 Å². The number of carbonyl (C=O) groups excluding carboxylic acids is 1. The molecule has 0 bridgehead atoms. The molecule has 2 aromatic rings. The van der Waals surface area contributed by atoms with E-state index in [4.69, 9.17) is 0 Å². The quantitative estimate of drug-likeness (QED) is 0.922. The highest BCUT2D eigenvalue weighted by atomic mass is 16.1.